The third-order valence-corrected chi connectivity index (χ3v) is 6.03. The van der Waals surface area contributed by atoms with Crippen molar-refractivity contribution < 1.29 is 18.8 Å². The average molecular weight is 424 g/mol. The quantitative estimate of drug-likeness (QED) is 0.463. The van der Waals surface area contributed by atoms with E-state index in [1.165, 1.54) is 4.40 Å². The highest BCUT2D eigenvalue weighted by Gasteiger charge is 2.28. The van der Waals surface area contributed by atoms with E-state index in [1.807, 2.05) is 6.07 Å². The first-order chi connectivity index (χ1) is 15.1. The summed E-state index contributed by atoms with van der Waals surface area (Å²) in [6.45, 7) is 2.26. The smallest absolute Gasteiger partial charge is 0.278 e. The van der Waals surface area contributed by atoms with Gasteiger partial charge in [0.05, 0.1) is 18.8 Å². The summed E-state index contributed by atoms with van der Waals surface area (Å²) in [5.41, 5.74) is 7.48. The van der Waals surface area contributed by atoms with E-state index >= 15 is 0 Å². The first kappa shape index (κ1) is 19.9. The number of aromatic nitrogens is 3. The van der Waals surface area contributed by atoms with E-state index in [9.17, 15) is 9.59 Å². The van der Waals surface area contributed by atoms with E-state index in [1.54, 1.807) is 29.0 Å². The molecule has 162 valence electrons. The van der Waals surface area contributed by atoms with Gasteiger partial charge in [0.2, 0.25) is 11.5 Å². The second-order valence-electron chi connectivity index (χ2n) is 8.12. The van der Waals surface area contributed by atoms with Crippen LogP contribution in [0.25, 0.3) is 16.7 Å². The highest BCUT2D eigenvalue weighted by Crippen LogP contribution is 2.18. The monoisotopic (exact) mass is 424 g/mol. The van der Waals surface area contributed by atoms with Crippen LogP contribution >= 0.6 is 0 Å². The molecule has 2 aliphatic rings. The maximum atomic E-state index is 13.2. The van der Waals surface area contributed by atoms with Gasteiger partial charge in [-0.1, -0.05) is 11.1 Å². The van der Waals surface area contributed by atoms with Crippen LogP contribution in [0.1, 0.15) is 36.0 Å². The third-order valence-electron chi connectivity index (χ3n) is 6.03. The largest absolute Gasteiger partial charge is 0.376 e. The fourth-order valence-electron chi connectivity index (χ4n) is 4.37. The maximum Gasteiger partial charge on any atom is 0.278 e. The Morgan fingerprint density at radius 3 is 2.74 bits per heavy atom. The molecule has 2 saturated heterocycles. The molecule has 31 heavy (non-hydrogen) atoms. The van der Waals surface area contributed by atoms with Crippen molar-refractivity contribution in [3.8, 4) is 0 Å². The Balaban J connectivity index is 1.61. The van der Waals surface area contributed by atoms with Crippen molar-refractivity contribution in [1.29, 1.82) is 0 Å². The number of carbonyl (C=O) groups excluding carboxylic acids is 1. The zero-order valence-electron chi connectivity index (χ0n) is 17.3. The van der Waals surface area contributed by atoms with Gasteiger partial charge >= 0.3 is 0 Å². The lowest BCUT2D eigenvalue weighted by molar-refractivity contribution is -0.666. The fourth-order valence-corrected chi connectivity index (χ4v) is 4.37. The Hall–Kier alpha value is -3.04. The van der Waals surface area contributed by atoms with Gasteiger partial charge in [0.1, 0.15) is 10.9 Å². The summed E-state index contributed by atoms with van der Waals surface area (Å²) < 4.78 is 14.6. The van der Waals surface area contributed by atoms with Crippen molar-refractivity contribution in [2.75, 3.05) is 25.5 Å². The normalized spacial score (nSPS) is 21.2. The molecule has 1 amide bonds. The molecule has 5 heterocycles. The van der Waals surface area contributed by atoms with Gasteiger partial charge in [-0.25, -0.2) is 4.57 Å². The van der Waals surface area contributed by atoms with Crippen LogP contribution in [0.4, 0.5) is 5.82 Å². The topological polar surface area (TPSA) is 112 Å². The Labute approximate surface area is 178 Å². The number of fused-ring (bicyclic) bond motifs is 2. The highest BCUT2D eigenvalue weighted by atomic mass is 16.5. The predicted molar refractivity (Wildman–Crippen MR) is 114 cm³/mol. The molecule has 0 saturated carbocycles. The number of nitrogens with two attached hydrogens (primary N) is 1. The molecule has 0 spiro atoms. The van der Waals surface area contributed by atoms with Crippen molar-refractivity contribution in [3.05, 3.63) is 46.4 Å². The van der Waals surface area contributed by atoms with Crippen LogP contribution in [0.15, 0.2) is 35.3 Å². The molecule has 3 aromatic heterocycles. The molecular formula is C22H26N5O4+. The number of rotatable bonds is 5. The summed E-state index contributed by atoms with van der Waals surface area (Å²) in [7, 11) is 0. The molecule has 0 bridgehead atoms. The first-order valence-corrected chi connectivity index (χ1v) is 10.8. The van der Waals surface area contributed by atoms with Gasteiger partial charge in [0, 0.05) is 26.0 Å². The molecule has 3 aromatic rings. The van der Waals surface area contributed by atoms with Gasteiger partial charge in [0.25, 0.3) is 17.1 Å². The molecule has 0 aliphatic carbocycles. The zero-order valence-corrected chi connectivity index (χ0v) is 17.3. The molecular weight excluding hydrogens is 398 g/mol. The summed E-state index contributed by atoms with van der Waals surface area (Å²) in [6, 6.07) is 6.93. The molecule has 0 radical (unpaired) electrons. The summed E-state index contributed by atoms with van der Waals surface area (Å²) in [6.07, 6.45) is 5.44. The Bertz CT molecular complexity index is 1200. The summed E-state index contributed by atoms with van der Waals surface area (Å²) in [5.74, 6) is -0.0476. The first-order valence-electron chi connectivity index (χ1n) is 10.8. The summed E-state index contributed by atoms with van der Waals surface area (Å²) in [5, 5.41) is 3.25. The average Bonchev–Trinajstić information content (AvgIpc) is 3.48. The van der Waals surface area contributed by atoms with Crippen LogP contribution in [0.5, 0.6) is 0 Å². The number of carbonyl (C=O) groups is 1. The summed E-state index contributed by atoms with van der Waals surface area (Å²) >= 11 is 0. The number of ether oxygens (including phenoxy) is 2. The van der Waals surface area contributed by atoms with Gasteiger partial charge in [-0.05, 0) is 43.9 Å². The lowest BCUT2D eigenvalue weighted by Gasteiger charge is -2.16. The van der Waals surface area contributed by atoms with Crippen molar-refractivity contribution in [2.24, 2.45) is 0 Å². The number of pyridine rings is 2. The SMILES string of the molecule is Nc1c(C(=O)NC[C@@H]2CCCO2)cc2c(=O)n3ccccc3nc2[n+]1C[C@H]1CCCO1. The van der Waals surface area contributed by atoms with Crippen LogP contribution in [-0.4, -0.2) is 47.3 Å². The van der Waals surface area contributed by atoms with E-state index in [0.29, 0.717) is 36.4 Å². The van der Waals surface area contributed by atoms with Crippen LogP contribution in [-0.2, 0) is 16.0 Å². The molecule has 5 rings (SSSR count). The minimum atomic E-state index is -0.325. The van der Waals surface area contributed by atoms with E-state index in [0.717, 1.165) is 32.3 Å². The number of hydrogen-bond donors (Lipinski definition) is 2. The van der Waals surface area contributed by atoms with Crippen molar-refractivity contribution in [3.63, 3.8) is 0 Å². The van der Waals surface area contributed by atoms with Gasteiger partial charge in [-0.15, -0.1) is 0 Å². The standard InChI is InChI=1S/C22H25N5O4/c23-19-16(21(28)24-12-14-5-3-9-30-14)11-17-20(27(19)13-15-6-4-10-31-15)25-18-7-1-2-8-26(18)22(17)29/h1-2,7-8,11,14-15,23H,3-6,9-10,12-13H2,(H,24,28)/p+1/t14-,15+/m0/s1. The minimum absolute atomic E-state index is 0.0147. The number of hydrogen-bond acceptors (Lipinski definition) is 6. The molecule has 9 heteroatoms. The van der Waals surface area contributed by atoms with Crippen LogP contribution in [0, 0.1) is 0 Å². The van der Waals surface area contributed by atoms with E-state index in [4.69, 9.17) is 15.2 Å². The second kappa shape index (κ2) is 8.24. The Morgan fingerprint density at radius 1 is 1.23 bits per heavy atom. The third kappa shape index (κ3) is 3.75. The number of nitrogen functional groups attached to an aromatic ring is 1. The van der Waals surface area contributed by atoms with Gasteiger partial charge in [0.15, 0.2) is 0 Å². The van der Waals surface area contributed by atoms with E-state index < -0.39 is 0 Å². The van der Waals surface area contributed by atoms with Crippen LogP contribution < -0.4 is 21.2 Å². The number of nitrogens with zero attached hydrogens (tertiary/aromatic N) is 3. The van der Waals surface area contributed by atoms with Gasteiger partial charge in [-0.2, -0.15) is 0 Å². The molecule has 2 atom stereocenters. The molecule has 2 aliphatic heterocycles. The zero-order chi connectivity index (χ0) is 21.4. The van der Waals surface area contributed by atoms with Gasteiger partial charge in [-0.3, -0.25) is 14.0 Å². The van der Waals surface area contributed by atoms with E-state index in [-0.39, 0.29) is 35.1 Å². The van der Waals surface area contributed by atoms with Crippen LogP contribution in [0.2, 0.25) is 0 Å². The van der Waals surface area contributed by atoms with Gasteiger partial charge < -0.3 is 20.5 Å². The molecule has 0 aromatic carbocycles. The predicted octanol–water partition coefficient (Wildman–Crippen LogP) is 0.805. The van der Waals surface area contributed by atoms with Crippen molar-refractivity contribution in [1.82, 2.24) is 14.7 Å². The second-order valence-corrected chi connectivity index (χ2v) is 8.12. The summed E-state index contributed by atoms with van der Waals surface area (Å²) in [4.78, 5) is 30.9. The lowest BCUT2D eigenvalue weighted by atomic mass is 10.1. The molecule has 9 nitrogen and oxygen atoms in total. The number of anilines is 1. The van der Waals surface area contributed by atoms with Crippen molar-refractivity contribution in [2.45, 2.75) is 44.4 Å². The maximum absolute atomic E-state index is 13.2. The van der Waals surface area contributed by atoms with Crippen molar-refractivity contribution >= 4 is 28.4 Å². The van der Waals surface area contributed by atoms with E-state index in [2.05, 4.69) is 10.3 Å². The Kier molecular flexibility index (Phi) is 5.29. The minimum Gasteiger partial charge on any atom is -0.376 e. The lowest BCUT2D eigenvalue weighted by Crippen LogP contribution is -2.46. The highest BCUT2D eigenvalue weighted by molar-refractivity contribution is 6.00. The molecule has 2 fully saturated rings. The number of nitrogens with one attached hydrogen (secondary N) is 1. The Morgan fingerprint density at radius 2 is 2.00 bits per heavy atom. The fraction of sp³-hybridized carbons (Fsp3) is 0.455. The molecule has 0 unspecified atom stereocenters. The number of amides is 1. The molecule has 3 N–H and O–H groups in total. The van der Waals surface area contributed by atoms with Crippen LogP contribution in [0.3, 0.4) is 0 Å².